The highest BCUT2D eigenvalue weighted by Gasteiger charge is 2.16. The van der Waals surface area contributed by atoms with Crippen LogP contribution in [-0.4, -0.2) is 53.5 Å². The van der Waals surface area contributed by atoms with Gasteiger partial charge in [-0.2, -0.15) is 5.10 Å². The molecule has 8 nitrogen and oxygen atoms in total. The SMILES string of the molecule is COc1ccc(CCN(C)C(=O)N[C@H](C)c2ncnn2C)cc1OC. The van der Waals surface area contributed by atoms with E-state index >= 15 is 0 Å². The first-order valence-electron chi connectivity index (χ1n) is 8.02. The molecule has 1 N–H and O–H groups in total. The lowest BCUT2D eigenvalue weighted by Gasteiger charge is -2.21. The lowest BCUT2D eigenvalue weighted by atomic mass is 10.1. The first-order chi connectivity index (χ1) is 12.0. The fraction of sp³-hybridized carbons (Fsp3) is 0.471. The Morgan fingerprint density at radius 3 is 2.64 bits per heavy atom. The van der Waals surface area contributed by atoms with Crippen molar-refractivity contribution < 1.29 is 14.3 Å². The van der Waals surface area contributed by atoms with Crippen LogP contribution in [0.15, 0.2) is 24.5 Å². The van der Waals surface area contributed by atoms with Gasteiger partial charge in [-0.15, -0.1) is 0 Å². The molecular weight excluding hydrogens is 322 g/mol. The molecule has 0 unspecified atom stereocenters. The number of nitrogens with one attached hydrogen (secondary N) is 1. The van der Waals surface area contributed by atoms with Gasteiger partial charge in [-0.1, -0.05) is 6.07 Å². The number of amides is 2. The van der Waals surface area contributed by atoms with Crippen molar-refractivity contribution in [3.8, 4) is 11.5 Å². The smallest absolute Gasteiger partial charge is 0.317 e. The van der Waals surface area contributed by atoms with Crippen molar-refractivity contribution >= 4 is 6.03 Å². The van der Waals surface area contributed by atoms with Crippen molar-refractivity contribution in [2.45, 2.75) is 19.4 Å². The largest absolute Gasteiger partial charge is 0.493 e. The molecule has 1 aromatic carbocycles. The quantitative estimate of drug-likeness (QED) is 0.826. The van der Waals surface area contributed by atoms with Crippen LogP contribution in [0, 0.1) is 0 Å². The molecule has 0 saturated heterocycles. The van der Waals surface area contributed by atoms with Crippen LogP contribution in [0.1, 0.15) is 24.4 Å². The number of hydrogen-bond donors (Lipinski definition) is 1. The molecule has 0 fully saturated rings. The van der Waals surface area contributed by atoms with Gasteiger partial charge in [-0.25, -0.2) is 9.78 Å². The van der Waals surface area contributed by atoms with E-state index in [-0.39, 0.29) is 12.1 Å². The number of rotatable bonds is 7. The van der Waals surface area contributed by atoms with E-state index in [4.69, 9.17) is 9.47 Å². The molecule has 8 heteroatoms. The maximum atomic E-state index is 12.3. The maximum absolute atomic E-state index is 12.3. The van der Waals surface area contributed by atoms with Gasteiger partial charge in [0.15, 0.2) is 11.5 Å². The Kier molecular flexibility index (Phi) is 6.21. The number of ether oxygens (including phenoxy) is 2. The molecule has 0 aliphatic heterocycles. The molecule has 0 aliphatic rings. The number of aryl methyl sites for hydroxylation is 1. The molecule has 25 heavy (non-hydrogen) atoms. The van der Waals surface area contributed by atoms with E-state index in [1.807, 2.05) is 25.1 Å². The number of aromatic nitrogens is 3. The summed E-state index contributed by atoms with van der Waals surface area (Å²) in [7, 11) is 6.77. The number of methoxy groups -OCH3 is 2. The second-order valence-electron chi connectivity index (χ2n) is 5.77. The third-order valence-electron chi connectivity index (χ3n) is 4.00. The summed E-state index contributed by atoms with van der Waals surface area (Å²) in [5, 5.41) is 6.93. The normalized spacial score (nSPS) is 11.7. The zero-order valence-corrected chi connectivity index (χ0v) is 15.3. The van der Waals surface area contributed by atoms with Crippen LogP contribution >= 0.6 is 0 Å². The average molecular weight is 347 g/mol. The number of urea groups is 1. The van der Waals surface area contributed by atoms with Gasteiger partial charge in [0.05, 0.1) is 20.3 Å². The highest BCUT2D eigenvalue weighted by molar-refractivity contribution is 5.74. The van der Waals surface area contributed by atoms with Crippen molar-refractivity contribution in [3.05, 3.63) is 35.9 Å². The van der Waals surface area contributed by atoms with Gasteiger partial charge in [-0.3, -0.25) is 4.68 Å². The highest BCUT2D eigenvalue weighted by Crippen LogP contribution is 2.27. The molecule has 2 amide bonds. The van der Waals surface area contributed by atoms with E-state index < -0.39 is 0 Å². The fourth-order valence-electron chi connectivity index (χ4n) is 2.49. The maximum Gasteiger partial charge on any atom is 0.317 e. The molecule has 2 rings (SSSR count). The van der Waals surface area contributed by atoms with E-state index in [1.54, 1.807) is 37.9 Å². The summed E-state index contributed by atoms with van der Waals surface area (Å²) < 4.78 is 12.2. The predicted octanol–water partition coefficient (Wildman–Crippen LogP) is 1.78. The summed E-state index contributed by atoms with van der Waals surface area (Å²) in [5.41, 5.74) is 1.07. The molecule has 1 heterocycles. The fourth-order valence-corrected chi connectivity index (χ4v) is 2.49. The number of benzene rings is 1. The van der Waals surface area contributed by atoms with Crippen molar-refractivity contribution in [2.24, 2.45) is 7.05 Å². The zero-order valence-electron chi connectivity index (χ0n) is 15.3. The topological polar surface area (TPSA) is 81.5 Å². The molecular formula is C17H25N5O3. The monoisotopic (exact) mass is 347 g/mol. The number of likely N-dealkylation sites (N-methyl/N-ethyl adjacent to an activating group) is 1. The van der Waals surface area contributed by atoms with Gasteiger partial charge >= 0.3 is 6.03 Å². The van der Waals surface area contributed by atoms with E-state index in [9.17, 15) is 4.79 Å². The van der Waals surface area contributed by atoms with Crippen LogP contribution in [0.3, 0.4) is 0 Å². The Hall–Kier alpha value is -2.77. The third kappa shape index (κ3) is 4.62. The molecule has 0 spiro atoms. The minimum absolute atomic E-state index is 0.157. The summed E-state index contributed by atoms with van der Waals surface area (Å²) in [6, 6.07) is 5.38. The molecule has 2 aromatic rings. The number of carbonyl (C=O) groups excluding carboxylic acids is 1. The molecule has 0 saturated carbocycles. The molecule has 1 atom stereocenters. The summed E-state index contributed by atoms with van der Waals surface area (Å²) in [6.45, 7) is 2.46. The van der Waals surface area contributed by atoms with Crippen molar-refractivity contribution in [1.29, 1.82) is 0 Å². The summed E-state index contributed by atoms with van der Waals surface area (Å²) in [5.74, 6) is 2.08. The van der Waals surface area contributed by atoms with Crippen molar-refractivity contribution in [1.82, 2.24) is 25.0 Å². The minimum Gasteiger partial charge on any atom is -0.493 e. The Bertz CT molecular complexity index is 716. The van der Waals surface area contributed by atoms with Crippen LogP contribution in [0.5, 0.6) is 11.5 Å². The van der Waals surface area contributed by atoms with Gasteiger partial charge in [0.1, 0.15) is 12.2 Å². The summed E-state index contributed by atoms with van der Waals surface area (Å²) in [6.07, 6.45) is 2.18. The number of nitrogens with zero attached hydrogens (tertiary/aromatic N) is 4. The second kappa shape index (κ2) is 8.36. The summed E-state index contributed by atoms with van der Waals surface area (Å²) >= 11 is 0. The average Bonchev–Trinajstić information content (AvgIpc) is 3.05. The summed E-state index contributed by atoms with van der Waals surface area (Å²) in [4.78, 5) is 18.1. The van der Waals surface area contributed by atoms with Gasteiger partial charge in [0, 0.05) is 20.6 Å². The first-order valence-corrected chi connectivity index (χ1v) is 8.02. The van der Waals surface area contributed by atoms with Crippen LogP contribution in [0.25, 0.3) is 0 Å². The Labute approximate surface area is 147 Å². The van der Waals surface area contributed by atoms with Gasteiger partial charge in [-0.05, 0) is 31.0 Å². The van der Waals surface area contributed by atoms with Gasteiger partial charge in [0.25, 0.3) is 0 Å². The van der Waals surface area contributed by atoms with Crippen LogP contribution in [0.2, 0.25) is 0 Å². The first kappa shape index (κ1) is 18.6. The third-order valence-corrected chi connectivity index (χ3v) is 4.00. The molecule has 0 bridgehead atoms. The van der Waals surface area contributed by atoms with Crippen LogP contribution in [0.4, 0.5) is 4.79 Å². The second-order valence-corrected chi connectivity index (χ2v) is 5.77. The van der Waals surface area contributed by atoms with Crippen LogP contribution < -0.4 is 14.8 Å². The number of carbonyl (C=O) groups is 1. The predicted molar refractivity (Wildman–Crippen MR) is 93.8 cm³/mol. The molecule has 136 valence electrons. The van der Waals surface area contributed by atoms with Crippen LogP contribution in [-0.2, 0) is 13.5 Å². The van der Waals surface area contributed by atoms with Gasteiger partial charge in [0.2, 0.25) is 0 Å². The Morgan fingerprint density at radius 1 is 1.32 bits per heavy atom. The Morgan fingerprint density at radius 2 is 2.04 bits per heavy atom. The lowest BCUT2D eigenvalue weighted by Crippen LogP contribution is -2.40. The highest BCUT2D eigenvalue weighted by atomic mass is 16.5. The van der Waals surface area contributed by atoms with E-state index in [0.29, 0.717) is 30.3 Å². The van der Waals surface area contributed by atoms with E-state index in [0.717, 1.165) is 5.56 Å². The van der Waals surface area contributed by atoms with Gasteiger partial charge < -0.3 is 19.7 Å². The Balaban J connectivity index is 1.90. The van der Waals surface area contributed by atoms with Crippen molar-refractivity contribution in [2.75, 3.05) is 27.8 Å². The lowest BCUT2D eigenvalue weighted by molar-refractivity contribution is 0.205. The number of hydrogen-bond acceptors (Lipinski definition) is 5. The minimum atomic E-state index is -0.219. The van der Waals surface area contributed by atoms with E-state index in [2.05, 4.69) is 15.4 Å². The standard InChI is InChI=1S/C17H25N5O3/c1-12(16-18-11-19-22(16)3)20-17(23)21(2)9-8-13-6-7-14(24-4)15(10-13)25-5/h6-7,10-12H,8-9H2,1-5H3,(H,20,23)/t12-/m1/s1. The molecule has 1 aromatic heterocycles. The molecule has 0 aliphatic carbocycles. The van der Waals surface area contributed by atoms with E-state index in [1.165, 1.54) is 6.33 Å². The zero-order chi connectivity index (χ0) is 18.4. The molecule has 0 radical (unpaired) electrons. The van der Waals surface area contributed by atoms with Crippen molar-refractivity contribution in [3.63, 3.8) is 0 Å².